The summed E-state index contributed by atoms with van der Waals surface area (Å²) in [6.07, 6.45) is -11.1. The third-order valence-corrected chi connectivity index (χ3v) is 4.39. The van der Waals surface area contributed by atoms with E-state index in [9.17, 15) is 70.2 Å². The Morgan fingerprint density at radius 3 is 0.731 bits per heavy atom. The fourth-order valence-corrected chi connectivity index (χ4v) is 2.89. The van der Waals surface area contributed by atoms with Crippen molar-refractivity contribution in [3.63, 3.8) is 0 Å². The van der Waals surface area contributed by atoms with E-state index in [1.807, 2.05) is 0 Å². The first-order valence-electron chi connectivity index (χ1n) is 5.99. The zero-order chi connectivity index (χ0) is 21.2. The zero-order valence-electron chi connectivity index (χ0n) is 11.2. The van der Waals surface area contributed by atoms with Crippen LogP contribution in [0.5, 0.6) is 0 Å². The summed E-state index contributed by atoms with van der Waals surface area (Å²) in [6, 6.07) is 0. The molecule has 0 aromatic heterocycles. The zero-order valence-corrected chi connectivity index (χ0v) is 11.2. The van der Waals surface area contributed by atoms with Crippen LogP contribution < -0.4 is 0 Å². The lowest BCUT2D eigenvalue weighted by Crippen LogP contribution is -2.95. The third kappa shape index (κ3) is 1.45. The summed E-state index contributed by atoms with van der Waals surface area (Å²) >= 11 is 0. The van der Waals surface area contributed by atoms with E-state index in [4.69, 9.17) is 0 Å². The van der Waals surface area contributed by atoms with Crippen molar-refractivity contribution in [2.75, 3.05) is 0 Å². The van der Waals surface area contributed by atoms with Crippen LogP contribution in [0.1, 0.15) is 0 Å². The van der Waals surface area contributed by atoms with Gasteiger partial charge in [-0.1, -0.05) is 0 Å². The van der Waals surface area contributed by atoms with Gasteiger partial charge in [0.15, 0.2) is 0 Å². The Bertz CT molecular complexity index is 569. The number of fused-ring (bicyclic) bond motifs is 1. The molecule has 4 unspecified atom stereocenters. The first-order valence-corrected chi connectivity index (χ1v) is 5.99. The van der Waals surface area contributed by atoms with Gasteiger partial charge in [0.05, 0.1) is 0 Å². The molecule has 0 saturated heterocycles. The number of rotatable bonds is 0. The lowest BCUT2D eigenvalue weighted by Gasteiger charge is -2.61. The van der Waals surface area contributed by atoms with Gasteiger partial charge in [-0.2, -0.15) is 52.7 Å². The van der Waals surface area contributed by atoms with Crippen LogP contribution in [0.2, 0.25) is 0 Å². The molecule has 0 nitrogen and oxygen atoms in total. The number of alkyl halides is 16. The largest absolute Gasteiger partial charge is 0.382 e. The monoisotopic (exact) mass is 426 g/mol. The highest BCUT2D eigenvalue weighted by molar-refractivity contribution is 5.40. The highest BCUT2D eigenvalue weighted by Crippen LogP contribution is 2.77. The van der Waals surface area contributed by atoms with Gasteiger partial charge < -0.3 is 0 Å². The number of halogens is 16. The molecule has 2 fully saturated rings. The Balaban J connectivity index is 3.12. The molecule has 4 atom stereocenters. The van der Waals surface area contributed by atoms with Gasteiger partial charge in [0.2, 0.25) is 12.3 Å². The van der Waals surface area contributed by atoms with Gasteiger partial charge in [-0.3, -0.25) is 0 Å². The van der Waals surface area contributed by atoms with Crippen LogP contribution in [0, 0.1) is 0 Å². The van der Waals surface area contributed by atoms with Crippen molar-refractivity contribution in [1.29, 1.82) is 0 Å². The van der Waals surface area contributed by atoms with E-state index in [0.29, 0.717) is 0 Å². The molecule has 2 rings (SSSR count). The van der Waals surface area contributed by atoms with E-state index < -0.39 is 59.2 Å². The molecule has 0 N–H and O–H groups in total. The maximum Gasteiger partial charge on any atom is 0.382 e. The van der Waals surface area contributed by atoms with Crippen molar-refractivity contribution >= 4 is 0 Å². The van der Waals surface area contributed by atoms with Gasteiger partial charge in [-0.05, 0) is 0 Å². The van der Waals surface area contributed by atoms with Crippen LogP contribution in [0.3, 0.4) is 0 Å². The lowest BCUT2D eigenvalue weighted by atomic mass is 9.55. The first-order chi connectivity index (χ1) is 11.1. The standard InChI is InChI=1S/C10H2F16/c11-1-2(12)4(15,16)6(18)5(17,3(1,13)14)7(19,20)9(23,24)10(25,26)8(6,21)22/h1-2H. The SMILES string of the molecule is FC1C(F)C(F)(F)C2(F)C(F)(F)C(F)(F)C(F)(F)C(F)(F)C2(F)C1(F)F. The Labute approximate surface area is 131 Å². The van der Waals surface area contributed by atoms with Crippen molar-refractivity contribution in [1.82, 2.24) is 0 Å². The average Bonchev–Trinajstić information content (AvgIpc) is 2.48. The minimum absolute atomic E-state index is 5.56. The Morgan fingerprint density at radius 1 is 0.346 bits per heavy atom. The van der Waals surface area contributed by atoms with E-state index in [1.165, 1.54) is 0 Å². The fourth-order valence-electron chi connectivity index (χ4n) is 2.89. The molecule has 154 valence electrons. The summed E-state index contributed by atoms with van der Waals surface area (Å²) in [5.41, 5.74) is -15.9. The molecule has 2 aliphatic carbocycles. The van der Waals surface area contributed by atoms with Gasteiger partial charge >= 0.3 is 35.5 Å². The van der Waals surface area contributed by atoms with Crippen LogP contribution in [-0.2, 0) is 0 Å². The molecular formula is C10H2F16. The second-order valence-corrected chi connectivity index (χ2v) is 5.66. The second kappa shape index (κ2) is 4.47. The molecule has 0 amide bonds. The normalized spacial score (nSPS) is 47.1. The van der Waals surface area contributed by atoms with Crippen molar-refractivity contribution in [3.05, 3.63) is 0 Å². The fraction of sp³-hybridized carbons (Fsp3) is 1.00. The van der Waals surface area contributed by atoms with Crippen LogP contribution in [-0.4, -0.2) is 59.2 Å². The second-order valence-electron chi connectivity index (χ2n) is 5.66. The first kappa shape index (κ1) is 21.2. The van der Waals surface area contributed by atoms with Crippen LogP contribution in [0.25, 0.3) is 0 Å². The molecule has 26 heavy (non-hydrogen) atoms. The summed E-state index contributed by atoms with van der Waals surface area (Å²) in [5.74, 6) is -46.5. The molecule has 0 aliphatic heterocycles. The molecule has 2 aliphatic rings. The maximum absolute atomic E-state index is 14.2. The summed E-state index contributed by atoms with van der Waals surface area (Å²) < 4.78 is 214. The highest BCUT2D eigenvalue weighted by atomic mass is 19.4. The molecule has 0 spiro atoms. The smallest absolute Gasteiger partial charge is 0.237 e. The predicted molar refractivity (Wildman–Crippen MR) is 47.2 cm³/mol. The molecular weight excluding hydrogens is 424 g/mol. The predicted octanol–water partition coefficient (Wildman–Crippen LogP) is 4.92. The Morgan fingerprint density at radius 2 is 0.538 bits per heavy atom. The molecule has 0 aromatic rings. The highest BCUT2D eigenvalue weighted by Gasteiger charge is 3.10. The molecule has 0 aromatic carbocycles. The van der Waals surface area contributed by atoms with Crippen molar-refractivity contribution in [2.45, 2.75) is 59.2 Å². The minimum Gasteiger partial charge on any atom is -0.237 e. The van der Waals surface area contributed by atoms with E-state index in [1.54, 1.807) is 0 Å². The average molecular weight is 426 g/mol. The number of hydrogen-bond donors (Lipinski definition) is 0. The van der Waals surface area contributed by atoms with E-state index in [-0.39, 0.29) is 0 Å². The molecule has 0 bridgehead atoms. The molecule has 0 radical (unpaired) electrons. The summed E-state index contributed by atoms with van der Waals surface area (Å²) in [6.45, 7) is 0. The number of hydrogen-bond acceptors (Lipinski definition) is 0. The quantitative estimate of drug-likeness (QED) is 0.483. The topological polar surface area (TPSA) is 0 Å². The molecule has 0 heterocycles. The van der Waals surface area contributed by atoms with Crippen molar-refractivity contribution in [3.8, 4) is 0 Å². The van der Waals surface area contributed by atoms with E-state index in [2.05, 4.69) is 0 Å². The molecule has 16 heteroatoms. The van der Waals surface area contributed by atoms with E-state index in [0.717, 1.165) is 0 Å². The lowest BCUT2D eigenvalue weighted by molar-refractivity contribution is -0.524. The van der Waals surface area contributed by atoms with E-state index >= 15 is 0 Å². The van der Waals surface area contributed by atoms with Gasteiger partial charge in [-0.25, -0.2) is 17.6 Å². The van der Waals surface area contributed by atoms with Gasteiger partial charge in [0, 0.05) is 0 Å². The summed E-state index contributed by atoms with van der Waals surface area (Å²) in [7, 11) is 0. The minimum atomic E-state index is -8.03. The van der Waals surface area contributed by atoms with Gasteiger partial charge in [-0.15, -0.1) is 0 Å². The van der Waals surface area contributed by atoms with Crippen molar-refractivity contribution in [2.24, 2.45) is 0 Å². The third-order valence-electron chi connectivity index (χ3n) is 4.39. The van der Waals surface area contributed by atoms with Gasteiger partial charge in [0.1, 0.15) is 0 Å². The molecule has 2 saturated carbocycles. The maximum atomic E-state index is 14.2. The van der Waals surface area contributed by atoms with Crippen LogP contribution >= 0.6 is 0 Å². The summed E-state index contributed by atoms with van der Waals surface area (Å²) in [5, 5.41) is 0. The van der Waals surface area contributed by atoms with Crippen molar-refractivity contribution < 1.29 is 70.2 Å². The van der Waals surface area contributed by atoms with Crippen LogP contribution in [0.4, 0.5) is 70.2 Å². The van der Waals surface area contributed by atoms with Gasteiger partial charge in [0.25, 0.3) is 11.3 Å². The Kier molecular flexibility index (Phi) is 3.64. The Hall–Kier alpha value is -1.12. The summed E-state index contributed by atoms with van der Waals surface area (Å²) in [4.78, 5) is 0. The van der Waals surface area contributed by atoms with Crippen LogP contribution in [0.15, 0.2) is 0 Å².